The van der Waals surface area contributed by atoms with E-state index in [9.17, 15) is 0 Å². The van der Waals surface area contributed by atoms with Gasteiger partial charge in [0.2, 0.25) is 0 Å². The van der Waals surface area contributed by atoms with Crippen LogP contribution in [0.5, 0.6) is 0 Å². The van der Waals surface area contributed by atoms with E-state index in [-0.39, 0.29) is 0 Å². The molecule has 2 heteroatoms. The van der Waals surface area contributed by atoms with Crippen molar-refractivity contribution >= 4 is 34.1 Å². The summed E-state index contributed by atoms with van der Waals surface area (Å²) in [6.07, 6.45) is 0. The van der Waals surface area contributed by atoms with E-state index in [1.54, 1.807) is 0 Å². The second-order valence-electron chi connectivity index (χ2n) is 21.2. The molecule has 0 N–H and O–H groups in total. The largest absolute Gasteiger partial charge is 0.310 e. The minimum absolute atomic E-state index is 0.514. The molecule has 13 aromatic carbocycles. The lowest BCUT2D eigenvalue weighted by Gasteiger charge is -2.32. The van der Waals surface area contributed by atoms with E-state index in [0.717, 1.165) is 45.3 Å². The lowest BCUT2D eigenvalue weighted by molar-refractivity contribution is 0.794. The van der Waals surface area contributed by atoms with Crippen LogP contribution in [0, 0.1) is 0 Å². The van der Waals surface area contributed by atoms with Gasteiger partial charge in [0.05, 0.1) is 11.1 Å². The highest BCUT2D eigenvalue weighted by Gasteiger charge is 2.51. The molecule has 2 nitrogen and oxygen atoms in total. The molecule has 380 valence electrons. The van der Waals surface area contributed by atoms with Crippen LogP contribution in [0.4, 0.5) is 34.1 Å². The molecule has 0 saturated heterocycles. The Labute approximate surface area is 474 Å². The first-order valence-corrected chi connectivity index (χ1v) is 28.0. The fraction of sp³-hybridized carbons (Fsp3) is 0.0127. The van der Waals surface area contributed by atoms with Crippen molar-refractivity contribution in [3.63, 3.8) is 0 Å². The Hall–Kier alpha value is -10.5. The number of benzene rings is 13. The SMILES string of the molecule is c1ccc(-c2ccc(N(c3ccc(-c4ccccc4)cc3)c3ccc(N(c4ccc(-c5ccccc5)cc4)c4ccc(-c5ccccc5)cc4)c(-c4ccc5c(c4)C4(c6ccccc6-c6ccccc64)c4ccccc4-5)c3)cc2)cc1. The van der Waals surface area contributed by atoms with Gasteiger partial charge in [0.25, 0.3) is 0 Å². The maximum atomic E-state index is 2.53. The summed E-state index contributed by atoms with van der Waals surface area (Å²) in [5, 5.41) is 0. The fourth-order valence-electron chi connectivity index (χ4n) is 13.0. The van der Waals surface area contributed by atoms with Gasteiger partial charge in [0.15, 0.2) is 0 Å². The van der Waals surface area contributed by atoms with E-state index in [4.69, 9.17) is 0 Å². The van der Waals surface area contributed by atoms with Gasteiger partial charge in [-0.25, -0.2) is 0 Å². The second-order valence-corrected chi connectivity index (χ2v) is 21.2. The topological polar surface area (TPSA) is 6.48 Å². The summed E-state index contributed by atoms with van der Waals surface area (Å²) in [7, 11) is 0. The van der Waals surface area contributed by atoms with Crippen LogP contribution in [0.1, 0.15) is 22.3 Å². The van der Waals surface area contributed by atoms with Gasteiger partial charge in [-0.2, -0.15) is 0 Å². The van der Waals surface area contributed by atoms with Crippen LogP contribution in [0.15, 0.2) is 328 Å². The lowest BCUT2D eigenvalue weighted by Crippen LogP contribution is -2.25. The molecule has 0 fully saturated rings. The Balaban J connectivity index is 0.974. The van der Waals surface area contributed by atoms with Crippen molar-refractivity contribution in [1.29, 1.82) is 0 Å². The first-order chi connectivity index (χ1) is 40.2. The number of hydrogen-bond acceptors (Lipinski definition) is 2. The Morgan fingerprint density at radius 1 is 0.173 bits per heavy atom. The molecular formula is C79H54N2. The van der Waals surface area contributed by atoms with E-state index in [2.05, 4.69) is 337 Å². The van der Waals surface area contributed by atoms with Crippen LogP contribution in [-0.2, 0) is 5.41 Å². The van der Waals surface area contributed by atoms with Gasteiger partial charge < -0.3 is 9.80 Å². The van der Waals surface area contributed by atoms with E-state index in [0.29, 0.717) is 0 Å². The molecule has 0 radical (unpaired) electrons. The molecule has 15 rings (SSSR count). The zero-order valence-electron chi connectivity index (χ0n) is 44.6. The summed E-state index contributed by atoms with van der Waals surface area (Å²) in [6, 6.07) is 120. The summed E-state index contributed by atoms with van der Waals surface area (Å²) in [5.74, 6) is 0. The highest BCUT2D eigenvalue weighted by molar-refractivity contribution is 5.98. The highest BCUT2D eigenvalue weighted by atomic mass is 15.2. The van der Waals surface area contributed by atoms with Crippen molar-refractivity contribution in [3.8, 4) is 77.9 Å². The van der Waals surface area contributed by atoms with Crippen molar-refractivity contribution in [2.75, 3.05) is 9.80 Å². The highest BCUT2D eigenvalue weighted by Crippen LogP contribution is 2.63. The summed E-state index contributed by atoms with van der Waals surface area (Å²) >= 11 is 0. The standard InChI is InChI=1S/C79H54N2/c1-5-19-55(20-6-1)59-33-42-64(43-34-59)80(65-44-35-60(36-45-65)56-21-7-2-8-22-56)68-50-52-78(81(66-46-37-61(38-47-66)57-23-9-3-10-24-57)67-48-39-62(40-49-67)58-25-11-4-12-26-58)73(54-68)63-41-51-72-71-29-15-18-32-76(71)79(77(72)53-63)74-30-16-13-27-69(74)70-28-14-17-31-75(70)79/h1-54H. The van der Waals surface area contributed by atoms with Gasteiger partial charge >= 0.3 is 0 Å². The zero-order chi connectivity index (χ0) is 53.7. The minimum atomic E-state index is -0.514. The smallest absolute Gasteiger partial charge is 0.0725 e. The van der Waals surface area contributed by atoms with Gasteiger partial charge in [-0.05, 0) is 167 Å². The number of anilines is 6. The van der Waals surface area contributed by atoms with E-state index >= 15 is 0 Å². The molecule has 2 aliphatic rings. The molecule has 0 amide bonds. The Morgan fingerprint density at radius 2 is 0.457 bits per heavy atom. The molecule has 13 aromatic rings. The summed E-state index contributed by atoms with van der Waals surface area (Å²) in [4.78, 5) is 4.87. The number of hydrogen-bond donors (Lipinski definition) is 0. The average Bonchev–Trinajstić information content (AvgIpc) is 4.25. The molecule has 0 bridgehead atoms. The third kappa shape index (κ3) is 8.19. The molecule has 2 aliphatic carbocycles. The number of fused-ring (bicyclic) bond motifs is 10. The first kappa shape index (κ1) is 47.7. The number of rotatable bonds is 11. The Morgan fingerprint density at radius 3 is 0.827 bits per heavy atom. The molecular weight excluding hydrogens is 977 g/mol. The third-order valence-electron chi connectivity index (χ3n) is 16.7. The summed E-state index contributed by atoms with van der Waals surface area (Å²) in [5.41, 5.74) is 27.9. The molecule has 0 atom stereocenters. The molecule has 81 heavy (non-hydrogen) atoms. The number of nitrogens with zero attached hydrogens (tertiary/aromatic N) is 2. The first-order valence-electron chi connectivity index (χ1n) is 28.0. The van der Waals surface area contributed by atoms with Crippen molar-refractivity contribution in [1.82, 2.24) is 0 Å². The fourth-order valence-corrected chi connectivity index (χ4v) is 13.0. The van der Waals surface area contributed by atoms with Gasteiger partial charge in [-0.1, -0.05) is 255 Å². The Kier molecular flexibility index (Phi) is 11.8. The van der Waals surface area contributed by atoms with Crippen LogP contribution >= 0.6 is 0 Å². The third-order valence-corrected chi connectivity index (χ3v) is 16.7. The zero-order valence-corrected chi connectivity index (χ0v) is 44.6. The normalized spacial score (nSPS) is 12.3. The van der Waals surface area contributed by atoms with Crippen LogP contribution in [0.2, 0.25) is 0 Å². The van der Waals surface area contributed by atoms with Crippen molar-refractivity contribution in [3.05, 3.63) is 350 Å². The van der Waals surface area contributed by atoms with Gasteiger partial charge in [0.1, 0.15) is 0 Å². The van der Waals surface area contributed by atoms with Crippen LogP contribution in [0.25, 0.3) is 77.9 Å². The Bertz CT molecular complexity index is 4170. The van der Waals surface area contributed by atoms with Gasteiger partial charge in [-0.3, -0.25) is 0 Å². The minimum Gasteiger partial charge on any atom is -0.310 e. The second kappa shape index (κ2) is 20.0. The maximum absolute atomic E-state index is 2.53. The average molecular weight is 1030 g/mol. The van der Waals surface area contributed by atoms with Crippen LogP contribution in [0.3, 0.4) is 0 Å². The molecule has 0 aliphatic heterocycles. The van der Waals surface area contributed by atoms with E-state index in [1.165, 1.54) is 89.0 Å². The van der Waals surface area contributed by atoms with Crippen molar-refractivity contribution in [2.24, 2.45) is 0 Å². The quantitative estimate of drug-likeness (QED) is 0.127. The van der Waals surface area contributed by atoms with Crippen LogP contribution < -0.4 is 9.80 Å². The molecule has 0 aromatic heterocycles. The summed E-state index contributed by atoms with van der Waals surface area (Å²) < 4.78 is 0. The monoisotopic (exact) mass is 1030 g/mol. The molecule has 1 spiro atoms. The molecule has 0 saturated carbocycles. The van der Waals surface area contributed by atoms with E-state index in [1.807, 2.05) is 0 Å². The van der Waals surface area contributed by atoms with Crippen molar-refractivity contribution in [2.45, 2.75) is 5.41 Å². The van der Waals surface area contributed by atoms with Gasteiger partial charge in [-0.15, -0.1) is 0 Å². The lowest BCUT2D eigenvalue weighted by atomic mass is 9.70. The van der Waals surface area contributed by atoms with Gasteiger partial charge in [0, 0.05) is 34.0 Å². The van der Waals surface area contributed by atoms with E-state index < -0.39 is 5.41 Å². The summed E-state index contributed by atoms with van der Waals surface area (Å²) in [6.45, 7) is 0. The molecule has 0 unspecified atom stereocenters. The molecule has 0 heterocycles. The van der Waals surface area contributed by atoms with Crippen LogP contribution in [-0.4, -0.2) is 0 Å². The predicted molar refractivity (Wildman–Crippen MR) is 339 cm³/mol. The predicted octanol–water partition coefficient (Wildman–Crippen LogP) is 21.3. The van der Waals surface area contributed by atoms with Crippen molar-refractivity contribution < 1.29 is 0 Å². The maximum Gasteiger partial charge on any atom is 0.0725 e.